The van der Waals surface area contributed by atoms with Gasteiger partial charge in [0.25, 0.3) is 0 Å². The molecule has 0 saturated carbocycles. The predicted octanol–water partition coefficient (Wildman–Crippen LogP) is 13.1. The quantitative estimate of drug-likeness (QED) is 0.0857. The number of benzene rings is 4. The number of rotatable bonds is 12. The van der Waals surface area contributed by atoms with Crippen molar-refractivity contribution in [2.45, 2.75) is 58.2 Å². The summed E-state index contributed by atoms with van der Waals surface area (Å²) in [5.41, 5.74) is 7.99. The molecular formula is C36H34Br5N3. The second-order valence-corrected chi connectivity index (χ2v) is 15.9. The number of aryl methyl sites for hydroxylation is 3. The zero-order valence-electron chi connectivity index (χ0n) is 24.5. The molecule has 7 rings (SSSR count). The van der Waals surface area contributed by atoms with Gasteiger partial charge in [-0.25, -0.2) is 0 Å². The van der Waals surface area contributed by atoms with Crippen molar-refractivity contribution in [1.82, 2.24) is 13.7 Å². The molecule has 4 aromatic carbocycles. The minimum atomic E-state index is 1.00. The molecule has 0 bridgehead atoms. The molecule has 0 fully saturated rings. The van der Waals surface area contributed by atoms with Crippen molar-refractivity contribution in [3.8, 4) is 0 Å². The summed E-state index contributed by atoms with van der Waals surface area (Å²) < 4.78 is 9.97. The number of halogens is 5. The molecule has 3 aromatic heterocycles. The van der Waals surface area contributed by atoms with Gasteiger partial charge in [-0.3, -0.25) is 0 Å². The average Bonchev–Trinajstić information content (AvgIpc) is 3.60. The molecule has 0 amide bonds. The van der Waals surface area contributed by atoms with Crippen molar-refractivity contribution in [2.75, 3.05) is 16.0 Å². The molecule has 3 nitrogen and oxygen atoms in total. The molecule has 0 atom stereocenters. The molecule has 44 heavy (non-hydrogen) atoms. The van der Waals surface area contributed by atoms with E-state index in [2.05, 4.69) is 154 Å². The van der Waals surface area contributed by atoms with E-state index in [4.69, 9.17) is 0 Å². The predicted molar refractivity (Wildman–Crippen MR) is 210 cm³/mol. The number of unbranched alkanes of at least 4 members (excludes halogenated alkanes) is 3. The van der Waals surface area contributed by atoms with Crippen molar-refractivity contribution in [3.05, 3.63) is 69.6 Å². The molecule has 0 saturated heterocycles. The van der Waals surface area contributed by atoms with Crippen molar-refractivity contribution in [2.24, 2.45) is 0 Å². The Morgan fingerprint density at radius 2 is 0.659 bits per heavy atom. The molecule has 0 aliphatic heterocycles. The van der Waals surface area contributed by atoms with Crippen molar-refractivity contribution in [3.63, 3.8) is 0 Å². The van der Waals surface area contributed by atoms with E-state index in [1.807, 2.05) is 0 Å². The zero-order chi connectivity index (χ0) is 30.4. The number of fused-ring (bicyclic) bond motifs is 9. The van der Waals surface area contributed by atoms with Crippen LogP contribution in [-0.2, 0) is 19.6 Å². The first-order valence-electron chi connectivity index (χ1n) is 15.5. The Labute approximate surface area is 299 Å². The maximum Gasteiger partial charge on any atom is 0.0499 e. The summed E-state index contributed by atoms with van der Waals surface area (Å²) in [6.45, 7) is 3.04. The van der Waals surface area contributed by atoms with Crippen LogP contribution in [0.15, 0.2) is 69.6 Å². The maximum atomic E-state index is 3.77. The monoisotopic (exact) mass is 903 g/mol. The van der Waals surface area contributed by atoms with E-state index in [1.165, 1.54) is 78.3 Å². The van der Waals surface area contributed by atoms with Crippen LogP contribution < -0.4 is 0 Å². The van der Waals surface area contributed by atoms with Crippen LogP contribution in [0, 0.1) is 0 Å². The lowest BCUT2D eigenvalue weighted by molar-refractivity contribution is 0.668. The fourth-order valence-corrected chi connectivity index (χ4v) is 8.95. The van der Waals surface area contributed by atoms with E-state index < -0.39 is 0 Å². The second kappa shape index (κ2) is 13.4. The van der Waals surface area contributed by atoms with Gasteiger partial charge in [0.15, 0.2) is 0 Å². The Morgan fingerprint density at radius 1 is 0.364 bits per heavy atom. The molecule has 3 heterocycles. The maximum absolute atomic E-state index is 3.77. The SMILES string of the molecule is BrCCCCn1c2ccc(Br)cc2c2cc3c(cc21)c1cc2c(cc1n3CCCCBr)c1cc(Br)ccc1n2CCCCBr. The van der Waals surface area contributed by atoms with E-state index in [0.29, 0.717) is 0 Å². The molecule has 7 aromatic rings. The third kappa shape index (κ3) is 5.52. The first-order chi connectivity index (χ1) is 21.5. The van der Waals surface area contributed by atoms with Crippen molar-refractivity contribution in [1.29, 1.82) is 0 Å². The first kappa shape index (κ1) is 31.3. The van der Waals surface area contributed by atoms with Gasteiger partial charge in [0.05, 0.1) is 0 Å². The molecule has 0 N–H and O–H groups in total. The van der Waals surface area contributed by atoms with Gasteiger partial charge in [-0.2, -0.15) is 0 Å². The van der Waals surface area contributed by atoms with Crippen LogP contribution in [0.5, 0.6) is 0 Å². The molecule has 0 unspecified atom stereocenters. The number of hydrogen-bond donors (Lipinski definition) is 0. The summed E-state index contributed by atoms with van der Waals surface area (Å²) in [7, 11) is 0. The Morgan fingerprint density at radius 3 is 0.977 bits per heavy atom. The van der Waals surface area contributed by atoms with E-state index in [9.17, 15) is 0 Å². The Balaban J connectivity index is 1.56. The largest absolute Gasteiger partial charge is 0.340 e. The van der Waals surface area contributed by atoms with Crippen LogP contribution in [0.1, 0.15) is 38.5 Å². The van der Waals surface area contributed by atoms with Crippen molar-refractivity contribution >= 4 is 145 Å². The standard InChI is InChI=1S/C36H34Br5N3/c37-11-1-4-14-42-31-9-7-23(40)17-25(31)27-19-35-29(21-33(27)42)30-22-34-28(20-36(30)44(35)16-6-3-13-39)26-18-24(41)8-10-32(26)43(34)15-5-2-12-38/h7-10,17-22H,1-6,11-16H2. The molecule has 8 heteroatoms. The highest BCUT2D eigenvalue weighted by Gasteiger charge is 2.20. The van der Waals surface area contributed by atoms with Gasteiger partial charge >= 0.3 is 0 Å². The fraction of sp³-hybridized carbons (Fsp3) is 0.333. The highest BCUT2D eigenvalue weighted by molar-refractivity contribution is 9.11. The lowest BCUT2D eigenvalue weighted by Crippen LogP contribution is -1.99. The van der Waals surface area contributed by atoms with E-state index in [-0.39, 0.29) is 0 Å². The summed E-state index contributed by atoms with van der Waals surface area (Å²) in [4.78, 5) is 0. The number of nitrogens with zero attached hydrogens (tertiary/aromatic N) is 3. The fourth-order valence-electron chi connectivity index (χ4n) is 7.03. The van der Waals surface area contributed by atoms with Crippen LogP contribution >= 0.6 is 79.6 Å². The average molecular weight is 908 g/mol. The van der Waals surface area contributed by atoms with Crippen molar-refractivity contribution < 1.29 is 0 Å². The van der Waals surface area contributed by atoms with E-state index in [1.54, 1.807) is 0 Å². The summed E-state index contributed by atoms with van der Waals surface area (Å²) in [6, 6.07) is 23.5. The highest BCUT2D eigenvalue weighted by Crippen LogP contribution is 2.41. The van der Waals surface area contributed by atoms with E-state index >= 15 is 0 Å². The second-order valence-electron chi connectivity index (χ2n) is 11.7. The lowest BCUT2D eigenvalue weighted by Gasteiger charge is -2.09. The van der Waals surface area contributed by atoms with Crippen LogP contribution in [0.2, 0.25) is 0 Å². The van der Waals surface area contributed by atoms with Gasteiger partial charge in [-0.15, -0.1) is 0 Å². The summed E-state index contributed by atoms with van der Waals surface area (Å²) in [5.74, 6) is 0. The third-order valence-electron chi connectivity index (χ3n) is 9.06. The summed E-state index contributed by atoms with van der Waals surface area (Å²) >= 11 is 18.5. The Kier molecular flexibility index (Phi) is 9.55. The van der Waals surface area contributed by atoms with Gasteiger partial charge in [0.2, 0.25) is 0 Å². The number of hydrogen-bond acceptors (Lipinski definition) is 0. The van der Waals surface area contributed by atoms with Crippen LogP contribution in [0.3, 0.4) is 0 Å². The number of alkyl halides is 3. The van der Waals surface area contributed by atoms with Gasteiger partial charge in [0.1, 0.15) is 0 Å². The molecular weight excluding hydrogens is 874 g/mol. The zero-order valence-corrected chi connectivity index (χ0v) is 32.4. The molecule has 0 aliphatic carbocycles. The summed E-state index contributed by atoms with van der Waals surface area (Å²) in [5, 5.41) is 11.2. The molecule has 228 valence electrons. The summed E-state index contributed by atoms with van der Waals surface area (Å²) in [6.07, 6.45) is 6.93. The van der Waals surface area contributed by atoms with Gasteiger partial charge in [-0.1, -0.05) is 79.6 Å². The Hall–Kier alpha value is -1.32. The van der Waals surface area contributed by atoms with Gasteiger partial charge < -0.3 is 13.7 Å². The normalized spacial score (nSPS) is 12.4. The lowest BCUT2D eigenvalue weighted by atomic mass is 10.1. The van der Waals surface area contributed by atoms with Crippen LogP contribution in [-0.4, -0.2) is 29.7 Å². The molecule has 0 spiro atoms. The minimum absolute atomic E-state index is 1.00. The highest BCUT2D eigenvalue weighted by atomic mass is 79.9. The molecule has 0 aliphatic rings. The minimum Gasteiger partial charge on any atom is -0.340 e. The third-order valence-corrected chi connectivity index (χ3v) is 11.7. The van der Waals surface area contributed by atoms with E-state index in [0.717, 1.165) is 70.3 Å². The topological polar surface area (TPSA) is 14.8 Å². The first-order valence-corrected chi connectivity index (χ1v) is 20.5. The van der Waals surface area contributed by atoms with Crippen LogP contribution in [0.25, 0.3) is 65.4 Å². The van der Waals surface area contributed by atoms with Crippen LogP contribution in [0.4, 0.5) is 0 Å². The number of aromatic nitrogens is 3. The van der Waals surface area contributed by atoms with Gasteiger partial charge in [0, 0.05) is 110 Å². The van der Waals surface area contributed by atoms with Gasteiger partial charge in [-0.05, 0) is 99.2 Å². The Bertz CT molecular complexity index is 2010. The molecule has 0 radical (unpaired) electrons. The smallest absolute Gasteiger partial charge is 0.0499 e.